The molecule has 2 aromatic rings. The van der Waals surface area contributed by atoms with Gasteiger partial charge >= 0.3 is 0 Å². The minimum atomic E-state index is -3.67. The van der Waals surface area contributed by atoms with E-state index in [4.69, 9.17) is 4.74 Å². The highest BCUT2D eigenvalue weighted by Gasteiger charge is 2.19. The number of sulfonamides is 1. The molecule has 0 spiro atoms. The van der Waals surface area contributed by atoms with Gasteiger partial charge in [-0.3, -0.25) is 4.98 Å². The largest absolute Gasteiger partial charge is 0.492 e. The van der Waals surface area contributed by atoms with E-state index in [9.17, 15) is 8.42 Å². The molecule has 7 heteroatoms. The van der Waals surface area contributed by atoms with E-state index in [1.165, 1.54) is 6.07 Å². The minimum absolute atomic E-state index is 0.114. The zero-order chi connectivity index (χ0) is 15.3. The number of rotatable bonds is 6. The van der Waals surface area contributed by atoms with E-state index in [2.05, 4.69) is 25.6 Å². The minimum Gasteiger partial charge on any atom is -0.492 e. The number of halogens is 1. The lowest BCUT2D eigenvalue weighted by Crippen LogP contribution is -2.24. The summed E-state index contributed by atoms with van der Waals surface area (Å²) in [5.41, 5.74) is 0.786. The molecule has 0 fully saturated rings. The second-order valence-electron chi connectivity index (χ2n) is 4.21. The summed E-state index contributed by atoms with van der Waals surface area (Å²) in [5.74, 6) is 0.333. The highest BCUT2D eigenvalue weighted by Crippen LogP contribution is 2.27. The van der Waals surface area contributed by atoms with Crippen molar-refractivity contribution in [2.45, 2.75) is 18.4 Å². The molecule has 0 aliphatic carbocycles. The summed E-state index contributed by atoms with van der Waals surface area (Å²) in [5, 5.41) is 0. The molecule has 0 saturated heterocycles. The molecule has 0 unspecified atom stereocenters. The van der Waals surface area contributed by atoms with Crippen molar-refractivity contribution in [1.82, 2.24) is 9.71 Å². The molecule has 1 heterocycles. The summed E-state index contributed by atoms with van der Waals surface area (Å²) >= 11 is 3.28. The average Bonchev–Trinajstić information content (AvgIpc) is 2.48. The Bertz CT molecular complexity index is 705. The highest BCUT2D eigenvalue weighted by atomic mass is 79.9. The highest BCUT2D eigenvalue weighted by molar-refractivity contribution is 9.10. The van der Waals surface area contributed by atoms with Crippen LogP contribution in [0.5, 0.6) is 5.75 Å². The van der Waals surface area contributed by atoms with Crippen LogP contribution in [0, 0.1) is 0 Å². The second-order valence-corrected chi connectivity index (χ2v) is 6.86. The maximum atomic E-state index is 12.4. The fourth-order valence-corrected chi connectivity index (χ4v) is 3.42. The Morgan fingerprint density at radius 1 is 1.33 bits per heavy atom. The monoisotopic (exact) mass is 370 g/mol. The van der Waals surface area contributed by atoms with Crippen LogP contribution in [-0.2, 0) is 16.6 Å². The number of aromatic nitrogens is 1. The molecular weight excluding hydrogens is 356 g/mol. The van der Waals surface area contributed by atoms with E-state index < -0.39 is 10.0 Å². The maximum Gasteiger partial charge on any atom is 0.244 e. The van der Waals surface area contributed by atoms with Crippen molar-refractivity contribution < 1.29 is 13.2 Å². The molecule has 21 heavy (non-hydrogen) atoms. The smallest absolute Gasteiger partial charge is 0.244 e. The van der Waals surface area contributed by atoms with Crippen molar-refractivity contribution in [1.29, 1.82) is 0 Å². The number of nitrogens with one attached hydrogen (secondary N) is 1. The Morgan fingerprint density at radius 2 is 2.14 bits per heavy atom. The summed E-state index contributed by atoms with van der Waals surface area (Å²) in [7, 11) is -3.67. The normalized spacial score (nSPS) is 11.3. The molecular formula is C14H15BrN2O3S. The first-order valence-electron chi connectivity index (χ1n) is 6.34. The van der Waals surface area contributed by atoms with Gasteiger partial charge in [-0.25, -0.2) is 13.1 Å². The van der Waals surface area contributed by atoms with Crippen molar-refractivity contribution in [2.75, 3.05) is 6.61 Å². The SMILES string of the molecule is CCOc1ccc(Br)cc1S(=O)(=O)NCc1cccnc1. The fourth-order valence-electron chi connectivity index (χ4n) is 1.73. The molecule has 0 radical (unpaired) electrons. The Kier molecular flexibility index (Phi) is 5.33. The van der Waals surface area contributed by atoms with E-state index in [-0.39, 0.29) is 11.4 Å². The molecule has 0 bridgehead atoms. The molecule has 2 rings (SSSR count). The molecule has 0 saturated carbocycles. The summed E-state index contributed by atoms with van der Waals surface area (Å²) in [6.45, 7) is 2.38. The molecule has 1 aromatic carbocycles. The lowest BCUT2D eigenvalue weighted by molar-refractivity contribution is 0.331. The molecule has 0 aliphatic rings. The molecule has 1 aromatic heterocycles. The molecule has 0 atom stereocenters. The number of pyridine rings is 1. The van der Waals surface area contributed by atoms with E-state index in [1.807, 2.05) is 6.92 Å². The topological polar surface area (TPSA) is 68.3 Å². The Balaban J connectivity index is 2.24. The summed E-state index contributed by atoms with van der Waals surface area (Å²) in [4.78, 5) is 4.07. The number of benzene rings is 1. The quantitative estimate of drug-likeness (QED) is 0.848. The van der Waals surface area contributed by atoms with Crippen molar-refractivity contribution in [2.24, 2.45) is 0 Å². The molecule has 112 valence electrons. The predicted octanol–water partition coefficient (Wildman–Crippen LogP) is 2.72. The Labute approximate surface area is 132 Å². The number of hydrogen-bond acceptors (Lipinski definition) is 4. The van der Waals surface area contributed by atoms with E-state index >= 15 is 0 Å². The summed E-state index contributed by atoms with van der Waals surface area (Å²) in [6.07, 6.45) is 3.26. The number of ether oxygens (including phenoxy) is 1. The van der Waals surface area contributed by atoms with Crippen LogP contribution in [-0.4, -0.2) is 20.0 Å². The van der Waals surface area contributed by atoms with E-state index in [1.54, 1.807) is 36.7 Å². The first-order chi connectivity index (χ1) is 10.0. The van der Waals surface area contributed by atoms with Gasteiger partial charge in [0.1, 0.15) is 10.6 Å². The average molecular weight is 371 g/mol. The van der Waals surface area contributed by atoms with Crippen LogP contribution in [0.2, 0.25) is 0 Å². The predicted molar refractivity (Wildman–Crippen MR) is 83.6 cm³/mol. The zero-order valence-electron chi connectivity index (χ0n) is 11.4. The zero-order valence-corrected chi connectivity index (χ0v) is 13.8. The van der Waals surface area contributed by atoms with Crippen molar-refractivity contribution in [3.8, 4) is 5.75 Å². The van der Waals surface area contributed by atoms with Crippen molar-refractivity contribution in [3.05, 3.63) is 52.8 Å². The van der Waals surface area contributed by atoms with Crippen LogP contribution >= 0.6 is 15.9 Å². The van der Waals surface area contributed by atoms with Crippen LogP contribution in [0.4, 0.5) is 0 Å². The van der Waals surface area contributed by atoms with E-state index in [0.717, 1.165) is 5.56 Å². The van der Waals surface area contributed by atoms with Gasteiger partial charge < -0.3 is 4.74 Å². The van der Waals surface area contributed by atoms with Crippen LogP contribution in [0.1, 0.15) is 12.5 Å². The van der Waals surface area contributed by atoms with Crippen LogP contribution in [0.15, 0.2) is 52.1 Å². The van der Waals surface area contributed by atoms with Gasteiger partial charge in [-0.15, -0.1) is 0 Å². The third-order valence-electron chi connectivity index (χ3n) is 2.68. The molecule has 1 N–H and O–H groups in total. The van der Waals surface area contributed by atoms with Crippen molar-refractivity contribution >= 4 is 26.0 Å². The molecule has 0 aliphatic heterocycles. The Hall–Kier alpha value is -1.44. The van der Waals surface area contributed by atoms with Gasteiger partial charge in [-0.2, -0.15) is 0 Å². The fraction of sp³-hybridized carbons (Fsp3) is 0.214. The van der Waals surface area contributed by atoms with Gasteiger partial charge in [0.25, 0.3) is 0 Å². The van der Waals surface area contributed by atoms with Gasteiger partial charge in [0.2, 0.25) is 10.0 Å². The third-order valence-corrected chi connectivity index (χ3v) is 4.60. The van der Waals surface area contributed by atoms with Crippen LogP contribution < -0.4 is 9.46 Å². The van der Waals surface area contributed by atoms with Gasteiger partial charge in [0, 0.05) is 23.4 Å². The summed E-state index contributed by atoms with van der Waals surface area (Å²) < 4.78 is 33.4. The number of nitrogens with zero attached hydrogens (tertiary/aromatic N) is 1. The molecule has 0 amide bonds. The Morgan fingerprint density at radius 3 is 2.81 bits per heavy atom. The number of hydrogen-bond donors (Lipinski definition) is 1. The van der Waals surface area contributed by atoms with Gasteiger partial charge in [0.15, 0.2) is 0 Å². The van der Waals surface area contributed by atoms with Crippen LogP contribution in [0.25, 0.3) is 0 Å². The van der Waals surface area contributed by atoms with Gasteiger partial charge in [-0.1, -0.05) is 22.0 Å². The lowest BCUT2D eigenvalue weighted by Gasteiger charge is -2.12. The summed E-state index contributed by atoms with van der Waals surface area (Å²) in [6, 6.07) is 8.46. The van der Waals surface area contributed by atoms with Gasteiger partial charge in [0.05, 0.1) is 6.61 Å². The lowest BCUT2D eigenvalue weighted by atomic mass is 10.3. The van der Waals surface area contributed by atoms with E-state index in [0.29, 0.717) is 16.8 Å². The standard InChI is InChI=1S/C14H15BrN2O3S/c1-2-20-13-6-5-12(15)8-14(13)21(18,19)17-10-11-4-3-7-16-9-11/h3-9,17H,2,10H2,1H3. The van der Waals surface area contributed by atoms with Crippen molar-refractivity contribution in [3.63, 3.8) is 0 Å². The second kappa shape index (κ2) is 7.02. The molecule has 5 nitrogen and oxygen atoms in total. The first kappa shape index (κ1) is 15.9. The third kappa shape index (κ3) is 4.26. The maximum absolute atomic E-state index is 12.4. The first-order valence-corrected chi connectivity index (χ1v) is 8.61. The van der Waals surface area contributed by atoms with Crippen LogP contribution in [0.3, 0.4) is 0 Å². The van der Waals surface area contributed by atoms with Gasteiger partial charge in [-0.05, 0) is 36.8 Å².